The van der Waals surface area contributed by atoms with E-state index < -0.39 is 22.6 Å². The zero-order valence-electron chi connectivity index (χ0n) is 18.3. The Morgan fingerprint density at radius 1 is 1.03 bits per heavy atom. The first-order chi connectivity index (χ1) is 15.0. The van der Waals surface area contributed by atoms with Crippen LogP contribution in [0.4, 0.5) is 13.2 Å². The van der Waals surface area contributed by atoms with Crippen LogP contribution in [0, 0.1) is 5.92 Å². The monoisotopic (exact) mass is 470 g/mol. The number of alkyl halides is 3. The molecule has 9 heteroatoms. The van der Waals surface area contributed by atoms with Crippen LogP contribution in [0.1, 0.15) is 31.9 Å². The number of benzene rings is 2. The highest BCUT2D eigenvalue weighted by Crippen LogP contribution is 2.24. The van der Waals surface area contributed by atoms with Gasteiger partial charge in [0.05, 0.1) is 6.17 Å². The van der Waals surface area contributed by atoms with Crippen molar-refractivity contribution in [3.8, 4) is 5.75 Å². The average molecular weight is 471 g/mol. The van der Waals surface area contributed by atoms with E-state index in [4.69, 9.17) is 0 Å². The van der Waals surface area contributed by atoms with Crippen molar-refractivity contribution in [2.24, 2.45) is 5.92 Å². The highest BCUT2D eigenvalue weighted by atomic mass is 32.2. The molecular formula is C23H29F3N2O3S. The number of halogens is 3. The number of rotatable bonds is 11. The van der Waals surface area contributed by atoms with Gasteiger partial charge >= 0.3 is 6.36 Å². The largest absolute Gasteiger partial charge is 0.573 e. The van der Waals surface area contributed by atoms with E-state index >= 15 is 0 Å². The number of hydrogen-bond donors (Lipinski definition) is 1. The van der Waals surface area contributed by atoms with Gasteiger partial charge in [-0.3, -0.25) is 4.90 Å². The van der Waals surface area contributed by atoms with E-state index in [2.05, 4.69) is 9.46 Å². The fraction of sp³-hybridized carbons (Fsp3) is 0.391. The molecule has 0 aliphatic rings. The van der Waals surface area contributed by atoms with E-state index in [1.807, 2.05) is 56.0 Å². The van der Waals surface area contributed by atoms with Crippen LogP contribution in [-0.2, 0) is 16.4 Å². The molecule has 0 amide bonds. The van der Waals surface area contributed by atoms with Crippen molar-refractivity contribution < 1.29 is 26.3 Å². The van der Waals surface area contributed by atoms with E-state index in [-0.39, 0.29) is 11.7 Å². The molecule has 176 valence electrons. The molecule has 0 heterocycles. The molecule has 32 heavy (non-hydrogen) atoms. The van der Waals surface area contributed by atoms with Gasteiger partial charge in [-0.05, 0) is 54.8 Å². The zero-order valence-corrected chi connectivity index (χ0v) is 19.2. The van der Waals surface area contributed by atoms with Crippen LogP contribution in [0.15, 0.2) is 60.0 Å². The first kappa shape index (κ1) is 25.9. The molecule has 2 rings (SSSR count). The van der Waals surface area contributed by atoms with Gasteiger partial charge in [0.15, 0.2) is 0 Å². The van der Waals surface area contributed by atoms with Crippen LogP contribution in [0.25, 0.3) is 6.08 Å². The summed E-state index contributed by atoms with van der Waals surface area (Å²) >= 11 is 0. The third-order valence-corrected chi connectivity index (χ3v) is 6.05. The summed E-state index contributed by atoms with van der Waals surface area (Å²) in [6.45, 7) is 7.07. The minimum Gasteiger partial charge on any atom is -0.406 e. The summed E-state index contributed by atoms with van der Waals surface area (Å²) in [6.07, 6.45) is -3.22. The van der Waals surface area contributed by atoms with Crippen LogP contribution in [0.5, 0.6) is 5.75 Å². The Kier molecular flexibility index (Phi) is 9.30. The number of nitrogens with zero attached hydrogens (tertiary/aromatic N) is 1. The maximum absolute atomic E-state index is 12.7. The molecule has 0 aromatic heterocycles. The quantitative estimate of drug-likeness (QED) is 0.469. The predicted octanol–water partition coefficient (Wildman–Crippen LogP) is 5.02. The molecule has 1 N–H and O–H groups in total. The van der Waals surface area contributed by atoms with Crippen LogP contribution < -0.4 is 9.46 Å². The third kappa shape index (κ3) is 8.64. The number of hydrogen-bond acceptors (Lipinski definition) is 4. The minimum absolute atomic E-state index is 0.149. The molecule has 2 aromatic rings. The molecule has 2 atom stereocenters. The summed E-state index contributed by atoms with van der Waals surface area (Å²) in [5.41, 5.74) is 1.55. The maximum atomic E-state index is 12.7. The number of nitrogens with one attached hydrogen (secondary N) is 1. The molecular weight excluding hydrogens is 441 g/mol. The summed E-state index contributed by atoms with van der Waals surface area (Å²) < 4.78 is 69.2. The fourth-order valence-electron chi connectivity index (χ4n) is 3.42. The summed E-state index contributed by atoms with van der Waals surface area (Å²) in [5, 5.41) is 1.15. The summed E-state index contributed by atoms with van der Waals surface area (Å²) in [4.78, 5) is 2.00. The van der Waals surface area contributed by atoms with Crippen molar-refractivity contribution in [1.82, 2.24) is 9.62 Å². The molecule has 0 radical (unpaired) electrons. The Labute approximate surface area is 187 Å². The first-order valence-corrected chi connectivity index (χ1v) is 11.9. The van der Waals surface area contributed by atoms with Crippen molar-refractivity contribution in [3.05, 3.63) is 71.1 Å². The average Bonchev–Trinajstić information content (AvgIpc) is 2.73. The van der Waals surface area contributed by atoms with E-state index in [9.17, 15) is 21.6 Å². The van der Waals surface area contributed by atoms with Gasteiger partial charge in [0.1, 0.15) is 5.75 Å². The van der Waals surface area contributed by atoms with Gasteiger partial charge in [-0.2, -0.15) is 4.72 Å². The van der Waals surface area contributed by atoms with Crippen molar-refractivity contribution in [2.75, 3.05) is 13.1 Å². The lowest BCUT2D eigenvalue weighted by Gasteiger charge is -2.34. The van der Waals surface area contributed by atoms with Crippen LogP contribution in [-0.4, -0.2) is 38.9 Å². The smallest absolute Gasteiger partial charge is 0.406 e. The molecule has 2 unspecified atom stereocenters. The van der Waals surface area contributed by atoms with Gasteiger partial charge < -0.3 is 4.74 Å². The number of ether oxygens (including phenoxy) is 1. The van der Waals surface area contributed by atoms with E-state index in [1.54, 1.807) is 12.1 Å². The number of sulfonamides is 1. The highest BCUT2D eigenvalue weighted by molar-refractivity contribution is 7.92. The van der Waals surface area contributed by atoms with Gasteiger partial charge in [-0.25, -0.2) is 8.42 Å². The molecule has 5 nitrogen and oxygen atoms in total. The molecule has 0 fully saturated rings. The Bertz CT molecular complexity index is 958. The van der Waals surface area contributed by atoms with Crippen LogP contribution in [0.2, 0.25) is 0 Å². The third-order valence-electron chi connectivity index (χ3n) is 4.98. The maximum Gasteiger partial charge on any atom is 0.573 e. The Hall–Kier alpha value is -2.36. The minimum atomic E-state index is -4.74. The highest BCUT2D eigenvalue weighted by Gasteiger charge is 2.31. The predicted molar refractivity (Wildman–Crippen MR) is 120 cm³/mol. The second-order valence-corrected chi connectivity index (χ2v) is 9.01. The second-order valence-electron chi connectivity index (χ2n) is 7.42. The van der Waals surface area contributed by atoms with E-state index in [1.165, 1.54) is 18.2 Å². The SMILES string of the molecule is CCN(CC)C(NS(=O)(=O)/C=C/c1ccccc1)C(C)Cc1ccc(OC(F)(F)F)cc1. The van der Waals surface area contributed by atoms with Gasteiger partial charge in [0.25, 0.3) is 0 Å². The van der Waals surface area contributed by atoms with Gasteiger partial charge in [0, 0.05) is 5.41 Å². The van der Waals surface area contributed by atoms with E-state index in [0.717, 1.165) is 16.5 Å². The van der Waals surface area contributed by atoms with Crippen molar-refractivity contribution in [1.29, 1.82) is 0 Å². The lowest BCUT2D eigenvalue weighted by atomic mass is 9.97. The Morgan fingerprint density at radius 3 is 2.16 bits per heavy atom. The Morgan fingerprint density at radius 2 is 1.62 bits per heavy atom. The van der Waals surface area contributed by atoms with Crippen molar-refractivity contribution in [3.63, 3.8) is 0 Å². The molecule has 0 saturated heterocycles. The topological polar surface area (TPSA) is 58.6 Å². The lowest BCUT2D eigenvalue weighted by molar-refractivity contribution is -0.274. The second kappa shape index (κ2) is 11.5. The fourth-order valence-corrected chi connectivity index (χ4v) is 4.55. The van der Waals surface area contributed by atoms with Crippen molar-refractivity contribution in [2.45, 2.75) is 39.7 Å². The first-order valence-electron chi connectivity index (χ1n) is 10.4. The summed E-state index contributed by atoms with van der Waals surface area (Å²) in [7, 11) is -3.73. The van der Waals surface area contributed by atoms with Gasteiger partial charge in [0.2, 0.25) is 10.0 Å². The Balaban J connectivity index is 2.14. The van der Waals surface area contributed by atoms with Crippen molar-refractivity contribution >= 4 is 16.1 Å². The molecule has 2 aromatic carbocycles. The molecule has 0 saturated carbocycles. The standard InChI is InChI=1S/C23H29F3N2O3S/c1-4-28(5-2)22(27-32(29,30)16-15-19-9-7-6-8-10-19)18(3)17-20-11-13-21(14-12-20)31-23(24,25)26/h6-16,18,22,27H,4-5,17H2,1-3H3/b16-15+. The molecule has 0 aliphatic heterocycles. The summed E-state index contributed by atoms with van der Waals surface area (Å²) in [6, 6.07) is 14.7. The molecule has 0 spiro atoms. The van der Waals surface area contributed by atoms with Crippen LogP contribution in [0.3, 0.4) is 0 Å². The van der Waals surface area contributed by atoms with Gasteiger partial charge in [-0.1, -0.05) is 63.2 Å². The lowest BCUT2D eigenvalue weighted by Crippen LogP contribution is -2.51. The zero-order chi connectivity index (χ0) is 23.8. The normalized spacial score (nSPS) is 14.6. The van der Waals surface area contributed by atoms with Crippen LogP contribution >= 0.6 is 0 Å². The molecule has 0 bridgehead atoms. The summed E-state index contributed by atoms with van der Waals surface area (Å²) in [5.74, 6) is -0.440. The molecule has 0 aliphatic carbocycles. The van der Waals surface area contributed by atoms with E-state index in [0.29, 0.717) is 19.5 Å². The van der Waals surface area contributed by atoms with Gasteiger partial charge in [-0.15, -0.1) is 13.2 Å².